The van der Waals surface area contributed by atoms with Crippen molar-refractivity contribution in [1.29, 1.82) is 5.26 Å². The molecule has 1 aromatic heterocycles. The van der Waals surface area contributed by atoms with Gasteiger partial charge in [-0.15, -0.1) is 0 Å². The highest BCUT2D eigenvalue weighted by molar-refractivity contribution is 5.65. The smallest absolute Gasteiger partial charge is 0.232 e. The van der Waals surface area contributed by atoms with Gasteiger partial charge in [0.15, 0.2) is 0 Å². The number of nitrogens with zero attached hydrogens (tertiary/aromatic N) is 5. The van der Waals surface area contributed by atoms with Crippen molar-refractivity contribution < 1.29 is 14.3 Å². The fraction of sp³-hybridized carbons (Fsp3) is 0.400. The predicted octanol–water partition coefficient (Wildman–Crippen LogP) is 1.50. The number of carboxylic acid groups (broad SMARTS) is 1. The average Bonchev–Trinajstić information content (AvgIpc) is 2.68. The van der Waals surface area contributed by atoms with Crippen LogP contribution in [0.2, 0.25) is 0 Å². The van der Waals surface area contributed by atoms with Crippen LogP contribution in [0, 0.1) is 17.1 Å². The Morgan fingerprint density at radius 3 is 2.83 bits per heavy atom. The standard InChI is InChI=1S/C20H23FN6O2/c1-3-26(20(28)29)15-5-4-8-27(2,12-15)18-10-17(24-19(23)25-18)13-6-7-14(11-22)16(21)9-13/h6-7,9-10,15H,3-5,8,12H2,1-2H3,(H2-,23,24,25,28,29)/t15-,27?/m1/s1. The second-order valence-electron chi connectivity index (χ2n) is 7.43. The zero-order valence-electron chi connectivity index (χ0n) is 16.4. The van der Waals surface area contributed by atoms with E-state index in [-0.39, 0.29) is 17.6 Å². The Labute approximate surface area is 168 Å². The lowest BCUT2D eigenvalue weighted by atomic mass is 10.0. The van der Waals surface area contributed by atoms with Crippen molar-refractivity contribution in [2.75, 3.05) is 32.4 Å². The van der Waals surface area contributed by atoms with E-state index in [1.54, 1.807) is 25.1 Å². The summed E-state index contributed by atoms with van der Waals surface area (Å²) < 4.78 is 14.4. The first-order valence-electron chi connectivity index (χ1n) is 9.44. The molecule has 1 unspecified atom stereocenters. The molecule has 3 rings (SSSR count). The zero-order chi connectivity index (χ0) is 21.2. The highest BCUT2D eigenvalue weighted by Gasteiger charge is 2.37. The molecule has 2 aromatic rings. The Kier molecular flexibility index (Phi) is 5.66. The Morgan fingerprint density at radius 1 is 1.45 bits per heavy atom. The molecule has 0 aliphatic carbocycles. The van der Waals surface area contributed by atoms with Gasteiger partial charge in [-0.3, -0.25) is 4.48 Å². The molecule has 1 aromatic carbocycles. The quantitative estimate of drug-likeness (QED) is 0.780. The molecule has 0 radical (unpaired) electrons. The SMILES string of the molecule is CCN(C(=O)[O-])[C@@H]1CCC[N+](C)(c2cc(-c3ccc(C#N)c(F)c3)nc(N)n2)C1. The number of carbonyl (C=O) groups is 1. The van der Waals surface area contributed by atoms with Gasteiger partial charge >= 0.3 is 0 Å². The molecule has 2 heterocycles. The van der Waals surface area contributed by atoms with Gasteiger partial charge in [0.1, 0.15) is 24.5 Å². The Balaban J connectivity index is 1.97. The number of halogens is 1. The normalized spacial score (nSPS) is 21.4. The Morgan fingerprint density at radius 2 is 2.21 bits per heavy atom. The summed E-state index contributed by atoms with van der Waals surface area (Å²) in [5.74, 6) is 0.0575. The number of hydrogen-bond acceptors (Lipinski definition) is 6. The fourth-order valence-corrected chi connectivity index (χ4v) is 3.96. The number of quaternary nitrogens is 1. The molecule has 2 N–H and O–H groups in total. The Hall–Kier alpha value is -3.25. The van der Waals surface area contributed by atoms with Crippen LogP contribution >= 0.6 is 0 Å². The van der Waals surface area contributed by atoms with E-state index in [0.717, 1.165) is 19.4 Å². The third-order valence-corrected chi connectivity index (χ3v) is 5.49. The van der Waals surface area contributed by atoms with Crippen molar-refractivity contribution in [1.82, 2.24) is 19.4 Å². The van der Waals surface area contributed by atoms with Gasteiger partial charge in [0.25, 0.3) is 0 Å². The van der Waals surface area contributed by atoms with Crippen LogP contribution in [-0.2, 0) is 0 Å². The molecule has 2 atom stereocenters. The van der Waals surface area contributed by atoms with E-state index >= 15 is 0 Å². The summed E-state index contributed by atoms with van der Waals surface area (Å²) in [5, 5.41) is 20.4. The van der Waals surface area contributed by atoms with Crippen LogP contribution in [0.15, 0.2) is 24.3 Å². The molecule has 0 bridgehead atoms. The maximum atomic E-state index is 14.1. The van der Waals surface area contributed by atoms with Gasteiger partial charge in [-0.1, -0.05) is 6.07 Å². The third kappa shape index (κ3) is 4.12. The zero-order valence-corrected chi connectivity index (χ0v) is 16.4. The largest absolute Gasteiger partial charge is 0.530 e. The molecule has 8 nitrogen and oxygen atoms in total. The lowest BCUT2D eigenvalue weighted by molar-refractivity contribution is -0.268. The molecule has 0 saturated carbocycles. The summed E-state index contributed by atoms with van der Waals surface area (Å²) in [5.41, 5.74) is 6.82. The molecule has 0 spiro atoms. The number of nitrogens with two attached hydrogens (primary N) is 1. The van der Waals surface area contributed by atoms with Crippen LogP contribution in [0.3, 0.4) is 0 Å². The fourth-order valence-electron chi connectivity index (χ4n) is 3.96. The van der Waals surface area contributed by atoms with Crippen molar-refractivity contribution in [3.63, 3.8) is 0 Å². The van der Waals surface area contributed by atoms with Crippen molar-refractivity contribution in [2.45, 2.75) is 25.8 Å². The van der Waals surface area contributed by atoms with Gasteiger partial charge < -0.3 is 20.5 Å². The van der Waals surface area contributed by atoms with Crippen molar-refractivity contribution in [2.24, 2.45) is 0 Å². The highest BCUT2D eigenvalue weighted by Crippen LogP contribution is 2.31. The third-order valence-electron chi connectivity index (χ3n) is 5.49. The van der Waals surface area contributed by atoms with Crippen molar-refractivity contribution in [3.05, 3.63) is 35.6 Å². The van der Waals surface area contributed by atoms with Crippen LogP contribution < -0.4 is 15.3 Å². The number of hydrogen-bond donors (Lipinski definition) is 1. The van der Waals surface area contributed by atoms with E-state index in [1.165, 1.54) is 17.0 Å². The summed E-state index contributed by atoms with van der Waals surface area (Å²) in [6, 6.07) is 7.61. The molecule has 1 aliphatic heterocycles. The minimum absolute atomic E-state index is 0.0456. The van der Waals surface area contributed by atoms with Crippen LogP contribution in [0.5, 0.6) is 0 Å². The molecule has 1 amide bonds. The molecular formula is C20H23FN6O2. The molecule has 1 aliphatic rings. The second-order valence-corrected chi connectivity index (χ2v) is 7.43. The van der Waals surface area contributed by atoms with Gasteiger partial charge in [0.2, 0.25) is 11.8 Å². The first-order chi connectivity index (χ1) is 13.8. The number of piperidine rings is 1. The number of carbonyl (C=O) groups excluding carboxylic acids is 1. The second kappa shape index (κ2) is 8.01. The number of anilines is 1. The van der Waals surface area contributed by atoms with Crippen LogP contribution in [0.25, 0.3) is 11.3 Å². The number of likely N-dealkylation sites (tertiary alicyclic amines) is 1. The lowest BCUT2D eigenvalue weighted by Crippen LogP contribution is -2.61. The van der Waals surface area contributed by atoms with E-state index in [9.17, 15) is 14.3 Å². The van der Waals surface area contributed by atoms with Gasteiger partial charge in [-0.2, -0.15) is 10.2 Å². The molecule has 9 heteroatoms. The molecule has 29 heavy (non-hydrogen) atoms. The van der Waals surface area contributed by atoms with E-state index in [0.29, 0.717) is 34.6 Å². The number of likely N-dealkylation sites (N-methyl/N-ethyl adjacent to an activating group) is 2. The topological polar surface area (TPSA) is 119 Å². The number of amides is 1. The number of nitriles is 1. The first kappa shape index (κ1) is 20.5. The molecule has 1 fully saturated rings. The number of nitrogen functional groups attached to an aromatic ring is 1. The van der Waals surface area contributed by atoms with Gasteiger partial charge in [0.05, 0.1) is 30.9 Å². The highest BCUT2D eigenvalue weighted by atomic mass is 19.1. The van der Waals surface area contributed by atoms with Crippen LogP contribution in [-0.4, -0.2) is 53.7 Å². The van der Waals surface area contributed by atoms with Crippen molar-refractivity contribution in [3.8, 4) is 17.3 Å². The maximum absolute atomic E-state index is 14.1. The summed E-state index contributed by atoms with van der Waals surface area (Å²) in [7, 11) is 1.97. The van der Waals surface area contributed by atoms with E-state index in [1.807, 2.05) is 7.05 Å². The van der Waals surface area contributed by atoms with Crippen molar-refractivity contribution >= 4 is 17.9 Å². The minimum Gasteiger partial charge on any atom is -0.530 e. The van der Waals surface area contributed by atoms with Gasteiger partial charge in [-0.05, 0) is 31.9 Å². The Bertz CT molecular complexity index is 976. The summed E-state index contributed by atoms with van der Waals surface area (Å²) in [6.45, 7) is 3.43. The summed E-state index contributed by atoms with van der Waals surface area (Å²) in [6.07, 6.45) is 0.390. The molecule has 1 saturated heterocycles. The van der Waals surface area contributed by atoms with Gasteiger partial charge in [-0.25, -0.2) is 9.37 Å². The lowest BCUT2D eigenvalue weighted by Gasteiger charge is -2.44. The van der Waals surface area contributed by atoms with Crippen LogP contribution in [0.1, 0.15) is 25.3 Å². The average molecular weight is 398 g/mol. The monoisotopic (exact) mass is 398 g/mol. The summed E-state index contributed by atoms with van der Waals surface area (Å²) in [4.78, 5) is 21.4. The summed E-state index contributed by atoms with van der Waals surface area (Å²) >= 11 is 0. The minimum atomic E-state index is -1.18. The number of benzene rings is 1. The number of rotatable bonds is 4. The number of aromatic nitrogens is 2. The van der Waals surface area contributed by atoms with E-state index in [4.69, 9.17) is 11.0 Å². The van der Waals surface area contributed by atoms with E-state index in [2.05, 4.69) is 9.97 Å². The molecule has 152 valence electrons. The first-order valence-corrected chi connectivity index (χ1v) is 9.44. The van der Waals surface area contributed by atoms with Gasteiger partial charge in [0, 0.05) is 18.2 Å². The van der Waals surface area contributed by atoms with Crippen LogP contribution in [0.4, 0.5) is 21.0 Å². The van der Waals surface area contributed by atoms with E-state index < -0.39 is 11.9 Å². The predicted molar refractivity (Wildman–Crippen MR) is 105 cm³/mol. The molecular weight excluding hydrogens is 375 g/mol. The maximum Gasteiger partial charge on any atom is 0.232 e.